The van der Waals surface area contributed by atoms with E-state index in [0.29, 0.717) is 21.5 Å². The molecule has 0 radical (unpaired) electrons. The lowest BCUT2D eigenvalue weighted by Gasteiger charge is -2.09. The molecule has 1 N–H and O–H groups in total. The number of hydrogen-bond donors (Lipinski definition) is 1. The van der Waals surface area contributed by atoms with Crippen molar-refractivity contribution in [1.29, 1.82) is 0 Å². The molecule has 2 aromatic carbocycles. The van der Waals surface area contributed by atoms with Gasteiger partial charge in [0, 0.05) is 16.3 Å². The van der Waals surface area contributed by atoms with E-state index in [4.69, 9.17) is 11.6 Å². The summed E-state index contributed by atoms with van der Waals surface area (Å²) in [6.45, 7) is 4.01. The van der Waals surface area contributed by atoms with Crippen molar-refractivity contribution in [2.45, 2.75) is 18.9 Å². The lowest BCUT2D eigenvalue weighted by atomic mass is 10.1. The number of nitrogens with zero attached hydrogens (tertiary/aromatic N) is 4. The number of rotatable bonds is 5. The van der Waals surface area contributed by atoms with E-state index < -0.39 is 0 Å². The SMILES string of the molecule is Cc1ccc(NC(=O)CSc2ccc3nnc(-c4ccc(Cl)cc4)n3n2)c(C)c1. The van der Waals surface area contributed by atoms with Gasteiger partial charge >= 0.3 is 0 Å². The topological polar surface area (TPSA) is 72.2 Å². The molecule has 0 aliphatic rings. The van der Waals surface area contributed by atoms with E-state index in [2.05, 4.69) is 20.6 Å². The summed E-state index contributed by atoms with van der Waals surface area (Å²) in [5, 5.41) is 17.3. The average molecular weight is 424 g/mol. The first-order valence-corrected chi connectivity index (χ1v) is 10.3. The second-order valence-corrected chi connectivity index (χ2v) is 8.06. The van der Waals surface area contributed by atoms with Gasteiger partial charge in [-0.3, -0.25) is 4.79 Å². The Labute approximate surface area is 177 Å². The number of halogens is 1. The number of carbonyl (C=O) groups excluding carboxylic acids is 1. The fraction of sp³-hybridized carbons (Fsp3) is 0.143. The minimum Gasteiger partial charge on any atom is -0.325 e. The number of amides is 1. The number of carbonyl (C=O) groups is 1. The van der Waals surface area contributed by atoms with Crippen LogP contribution in [0.1, 0.15) is 11.1 Å². The van der Waals surface area contributed by atoms with Gasteiger partial charge in [-0.2, -0.15) is 9.61 Å². The van der Waals surface area contributed by atoms with Crippen LogP contribution < -0.4 is 5.32 Å². The number of hydrogen-bond acceptors (Lipinski definition) is 5. The van der Waals surface area contributed by atoms with Crippen LogP contribution in [0.2, 0.25) is 5.02 Å². The predicted octanol–water partition coefficient (Wildman–Crippen LogP) is 4.79. The molecule has 0 aliphatic heterocycles. The maximum atomic E-state index is 12.4. The molecular weight excluding hydrogens is 406 g/mol. The lowest BCUT2D eigenvalue weighted by molar-refractivity contribution is -0.113. The summed E-state index contributed by atoms with van der Waals surface area (Å²) in [7, 11) is 0. The van der Waals surface area contributed by atoms with Crippen LogP contribution >= 0.6 is 23.4 Å². The molecule has 2 aromatic heterocycles. The van der Waals surface area contributed by atoms with Crippen LogP contribution in [0.25, 0.3) is 17.0 Å². The molecule has 8 heteroatoms. The van der Waals surface area contributed by atoms with Gasteiger partial charge in [-0.15, -0.1) is 10.2 Å². The summed E-state index contributed by atoms with van der Waals surface area (Å²) < 4.78 is 1.67. The molecule has 0 saturated heterocycles. The number of nitrogens with one attached hydrogen (secondary N) is 1. The Balaban J connectivity index is 1.49. The molecule has 0 spiro atoms. The van der Waals surface area contributed by atoms with Crippen LogP contribution in [0.15, 0.2) is 59.6 Å². The maximum absolute atomic E-state index is 12.4. The highest BCUT2D eigenvalue weighted by Gasteiger charge is 2.12. The van der Waals surface area contributed by atoms with Gasteiger partial charge < -0.3 is 5.32 Å². The molecule has 0 fully saturated rings. The number of thioether (sulfide) groups is 1. The summed E-state index contributed by atoms with van der Waals surface area (Å²) >= 11 is 7.32. The fourth-order valence-electron chi connectivity index (χ4n) is 2.91. The quantitative estimate of drug-likeness (QED) is 0.467. The molecule has 0 unspecified atom stereocenters. The van der Waals surface area contributed by atoms with Gasteiger partial charge in [0.15, 0.2) is 11.5 Å². The molecule has 0 saturated carbocycles. The average Bonchev–Trinajstić information content (AvgIpc) is 3.12. The predicted molar refractivity (Wildman–Crippen MR) is 116 cm³/mol. The van der Waals surface area contributed by atoms with Crippen molar-refractivity contribution in [2.24, 2.45) is 0 Å². The third kappa shape index (κ3) is 4.41. The maximum Gasteiger partial charge on any atom is 0.234 e. The minimum atomic E-state index is -0.0782. The summed E-state index contributed by atoms with van der Waals surface area (Å²) in [6.07, 6.45) is 0. The summed E-state index contributed by atoms with van der Waals surface area (Å²) in [5.74, 6) is 0.800. The van der Waals surface area contributed by atoms with Crippen molar-refractivity contribution in [2.75, 3.05) is 11.1 Å². The summed E-state index contributed by atoms with van der Waals surface area (Å²) in [4.78, 5) is 12.4. The highest BCUT2D eigenvalue weighted by Crippen LogP contribution is 2.23. The third-order valence-electron chi connectivity index (χ3n) is 4.35. The van der Waals surface area contributed by atoms with E-state index in [-0.39, 0.29) is 11.7 Å². The Bertz CT molecular complexity index is 1190. The monoisotopic (exact) mass is 423 g/mol. The largest absolute Gasteiger partial charge is 0.325 e. The normalized spacial score (nSPS) is 11.0. The van der Waals surface area contributed by atoms with Gasteiger partial charge in [0.05, 0.1) is 5.75 Å². The Hall–Kier alpha value is -2.90. The molecule has 6 nitrogen and oxygen atoms in total. The first-order valence-electron chi connectivity index (χ1n) is 8.98. The lowest BCUT2D eigenvalue weighted by Crippen LogP contribution is -2.15. The van der Waals surface area contributed by atoms with Gasteiger partial charge in [0.2, 0.25) is 5.91 Å². The Morgan fingerprint density at radius 2 is 1.86 bits per heavy atom. The molecule has 1 amide bonds. The molecule has 0 aliphatic carbocycles. The van der Waals surface area contributed by atoms with E-state index in [1.165, 1.54) is 11.8 Å². The number of fused-ring (bicyclic) bond motifs is 1. The second-order valence-electron chi connectivity index (χ2n) is 6.63. The molecule has 2 heterocycles. The Kier molecular flexibility index (Phi) is 5.51. The van der Waals surface area contributed by atoms with Crippen LogP contribution in [-0.2, 0) is 4.79 Å². The van der Waals surface area contributed by atoms with Gasteiger partial charge in [-0.25, -0.2) is 0 Å². The zero-order valence-corrected chi connectivity index (χ0v) is 17.5. The summed E-state index contributed by atoms with van der Waals surface area (Å²) in [5.41, 5.74) is 4.54. The van der Waals surface area contributed by atoms with Crippen molar-refractivity contribution < 1.29 is 4.79 Å². The van der Waals surface area contributed by atoms with Crippen molar-refractivity contribution in [3.8, 4) is 11.4 Å². The molecule has 29 heavy (non-hydrogen) atoms. The van der Waals surface area contributed by atoms with E-state index in [0.717, 1.165) is 22.4 Å². The zero-order valence-electron chi connectivity index (χ0n) is 15.9. The highest BCUT2D eigenvalue weighted by molar-refractivity contribution is 7.99. The minimum absolute atomic E-state index is 0.0782. The van der Waals surface area contributed by atoms with E-state index >= 15 is 0 Å². The van der Waals surface area contributed by atoms with Crippen LogP contribution in [0, 0.1) is 13.8 Å². The molecule has 0 atom stereocenters. The smallest absolute Gasteiger partial charge is 0.234 e. The number of benzene rings is 2. The van der Waals surface area contributed by atoms with Crippen LogP contribution in [0.4, 0.5) is 5.69 Å². The molecule has 0 bridgehead atoms. The third-order valence-corrected chi connectivity index (χ3v) is 5.52. The van der Waals surface area contributed by atoms with Crippen molar-refractivity contribution in [3.05, 3.63) is 70.7 Å². The molecule has 4 aromatic rings. The Morgan fingerprint density at radius 3 is 2.62 bits per heavy atom. The van der Waals surface area contributed by atoms with Crippen molar-refractivity contribution in [3.63, 3.8) is 0 Å². The molecular formula is C21H18ClN5OS. The van der Waals surface area contributed by atoms with Crippen molar-refractivity contribution in [1.82, 2.24) is 19.8 Å². The zero-order chi connectivity index (χ0) is 20.4. The van der Waals surface area contributed by atoms with Gasteiger partial charge in [0.25, 0.3) is 0 Å². The fourth-order valence-corrected chi connectivity index (χ4v) is 3.69. The van der Waals surface area contributed by atoms with Crippen molar-refractivity contribution >= 4 is 40.6 Å². The second kappa shape index (κ2) is 8.23. The van der Waals surface area contributed by atoms with E-state index in [1.807, 2.05) is 56.3 Å². The first kappa shape index (κ1) is 19.4. The molecule has 4 rings (SSSR count). The standard InChI is InChI=1S/C21H18ClN5OS/c1-13-3-8-17(14(2)11-13)23-19(28)12-29-20-10-9-18-24-25-21(27(18)26-20)15-4-6-16(22)7-5-15/h3-11H,12H2,1-2H3,(H,23,28). The number of aromatic nitrogens is 4. The van der Waals surface area contributed by atoms with Crippen LogP contribution in [-0.4, -0.2) is 31.5 Å². The van der Waals surface area contributed by atoms with Gasteiger partial charge in [0.1, 0.15) is 5.03 Å². The highest BCUT2D eigenvalue weighted by atomic mass is 35.5. The van der Waals surface area contributed by atoms with Crippen LogP contribution in [0.5, 0.6) is 0 Å². The van der Waals surface area contributed by atoms with E-state index in [9.17, 15) is 4.79 Å². The van der Waals surface area contributed by atoms with Crippen LogP contribution in [0.3, 0.4) is 0 Å². The summed E-state index contributed by atoms with van der Waals surface area (Å²) in [6, 6.07) is 17.0. The number of aryl methyl sites for hydroxylation is 2. The van der Waals surface area contributed by atoms with E-state index in [1.54, 1.807) is 16.6 Å². The number of anilines is 1. The molecule has 146 valence electrons. The van der Waals surface area contributed by atoms with Gasteiger partial charge in [-0.1, -0.05) is 41.1 Å². The Morgan fingerprint density at radius 1 is 1.07 bits per heavy atom. The first-order chi connectivity index (χ1) is 14.0. The van der Waals surface area contributed by atoms with Gasteiger partial charge in [-0.05, 0) is 61.9 Å².